The van der Waals surface area contributed by atoms with Crippen LogP contribution in [0.15, 0.2) is 67.2 Å². The van der Waals surface area contributed by atoms with Crippen molar-refractivity contribution in [3.63, 3.8) is 0 Å². The Balaban J connectivity index is 1.95. The number of nitriles is 1. The van der Waals surface area contributed by atoms with E-state index in [0.717, 1.165) is 6.07 Å². The highest BCUT2D eigenvalue weighted by atomic mass is 35.5. The van der Waals surface area contributed by atoms with Gasteiger partial charge in [0.2, 0.25) is 5.91 Å². The third kappa shape index (κ3) is 5.57. The number of carbonyl (C=O) groups excluding carboxylic acids is 1. The van der Waals surface area contributed by atoms with Crippen LogP contribution in [0.25, 0.3) is 5.70 Å². The molecule has 1 aliphatic heterocycles. The summed E-state index contributed by atoms with van der Waals surface area (Å²) in [5.74, 6) is -3.19. The van der Waals surface area contributed by atoms with Crippen molar-refractivity contribution in [2.24, 2.45) is 11.1 Å². The second kappa shape index (κ2) is 11.2. The monoisotopic (exact) mass is 582 g/mol. The molecular formula is C31H30Cl2F2N4O. The highest BCUT2D eigenvalue weighted by molar-refractivity contribution is 6.31. The summed E-state index contributed by atoms with van der Waals surface area (Å²) < 4.78 is 31.4. The van der Waals surface area contributed by atoms with Crippen molar-refractivity contribution >= 4 is 40.5 Å². The maximum Gasteiger partial charge on any atom is 0.242 e. The molecule has 0 bridgehead atoms. The fourth-order valence-electron chi connectivity index (χ4n) is 5.57. The summed E-state index contributed by atoms with van der Waals surface area (Å²) in [6.45, 7) is 9.66. The number of rotatable bonds is 6. The van der Waals surface area contributed by atoms with E-state index in [1.165, 1.54) is 24.3 Å². The summed E-state index contributed by atoms with van der Waals surface area (Å²) in [6.07, 6.45) is 0.369. The molecule has 0 spiro atoms. The molecule has 1 heterocycles. The molecular weight excluding hydrogens is 553 g/mol. The fraction of sp³-hybridized carbons (Fsp3) is 0.290. The van der Waals surface area contributed by atoms with E-state index in [0.29, 0.717) is 23.4 Å². The molecule has 0 aliphatic carbocycles. The van der Waals surface area contributed by atoms with E-state index in [-0.39, 0.29) is 26.6 Å². The molecule has 4 atom stereocenters. The average Bonchev–Trinajstić information content (AvgIpc) is 3.18. The molecule has 4 N–H and O–H groups in total. The highest BCUT2D eigenvalue weighted by Crippen LogP contribution is 2.52. The van der Waals surface area contributed by atoms with Crippen LogP contribution in [0.5, 0.6) is 0 Å². The first kappa shape index (κ1) is 29.5. The number of carbonyl (C=O) groups is 1. The number of nitrogens with zero attached hydrogens (tertiary/aromatic N) is 1. The molecule has 3 aromatic rings. The van der Waals surface area contributed by atoms with E-state index in [1.807, 2.05) is 20.8 Å². The van der Waals surface area contributed by atoms with Crippen LogP contribution in [0.4, 0.5) is 14.5 Å². The number of nitrogens with one attached hydrogen (secondary N) is 2. The number of hydrogen-bond donors (Lipinski definition) is 3. The molecule has 208 valence electrons. The van der Waals surface area contributed by atoms with Crippen LogP contribution < -0.4 is 16.4 Å². The Kier molecular flexibility index (Phi) is 8.28. The molecule has 40 heavy (non-hydrogen) atoms. The second-order valence-electron chi connectivity index (χ2n) is 11.3. The maximum absolute atomic E-state index is 15.7. The van der Waals surface area contributed by atoms with E-state index in [4.69, 9.17) is 28.9 Å². The van der Waals surface area contributed by atoms with Crippen LogP contribution in [0.1, 0.15) is 49.8 Å². The minimum atomic E-state index is -1.71. The first-order valence-corrected chi connectivity index (χ1v) is 13.5. The van der Waals surface area contributed by atoms with Gasteiger partial charge in [-0.15, -0.1) is 0 Å². The van der Waals surface area contributed by atoms with Crippen molar-refractivity contribution in [2.45, 2.75) is 50.6 Å². The zero-order valence-electron chi connectivity index (χ0n) is 22.4. The van der Waals surface area contributed by atoms with Gasteiger partial charge in [0.15, 0.2) is 0 Å². The Hall–Kier alpha value is -3.44. The molecule has 0 saturated carbocycles. The molecule has 1 fully saturated rings. The summed E-state index contributed by atoms with van der Waals surface area (Å²) in [5, 5.41) is 17.0. The Morgan fingerprint density at radius 2 is 1.85 bits per heavy atom. The van der Waals surface area contributed by atoms with Crippen molar-refractivity contribution in [3.05, 3.63) is 106 Å². The van der Waals surface area contributed by atoms with Gasteiger partial charge in [0.25, 0.3) is 0 Å². The molecule has 0 unspecified atom stereocenters. The van der Waals surface area contributed by atoms with Gasteiger partial charge < -0.3 is 16.4 Å². The van der Waals surface area contributed by atoms with Crippen molar-refractivity contribution < 1.29 is 13.6 Å². The summed E-state index contributed by atoms with van der Waals surface area (Å²) in [5.41, 5.74) is 5.19. The second-order valence-corrected chi connectivity index (χ2v) is 12.1. The number of halogens is 4. The zero-order chi connectivity index (χ0) is 29.4. The van der Waals surface area contributed by atoms with E-state index in [1.54, 1.807) is 30.3 Å². The Bertz CT molecular complexity index is 1510. The van der Waals surface area contributed by atoms with Gasteiger partial charge in [-0.05, 0) is 53.3 Å². The van der Waals surface area contributed by atoms with Crippen LogP contribution in [0.3, 0.4) is 0 Å². The zero-order valence-corrected chi connectivity index (χ0v) is 23.9. The number of benzene rings is 3. The number of nitrogens with two attached hydrogens (primary N) is 1. The Morgan fingerprint density at radius 3 is 2.48 bits per heavy atom. The van der Waals surface area contributed by atoms with Crippen molar-refractivity contribution in [1.29, 1.82) is 5.26 Å². The SMILES string of the molecule is C=C(N)c1cccc(NC(=O)[C@@H]2N[C@@H](CC(C)(C)C)[C@](C#N)(c3ccc(Cl)cc3F)[C@H]2c2cccc(Cl)c2F)c1. The molecule has 3 aromatic carbocycles. The normalized spacial score (nSPS) is 22.5. The molecule has 1 amide bonds. The van der Waals surface area contributed by atoms with Gasteiger partial charge in [-0.2, -0.15) is 5.26 Å². The standard InChI is InChI=1S/C31H30Cl2F2N4O/c1-17(37)18-7-5-8-20(13-18)38-29(40)28-26(21-9-6-10-23(33)27(21)35)31(16-36,25(39-28)15-30(2,3)4)22-12-11-19(32)14-24(22)34/h5-14,25-26,28,39H,1,15,37H2,2-4H3,(H,38,40)/t25-,26-,28+,31-/m0/s1. The third-order valence-electron chi connectivity index (χ3n) is 7.23. The van der Waals surface area contributed by atoms with Gasteiger partial charge in [-0.3, -0.25) is 4.79 Å². The minimum absolute atomic E-state index is 0.0160. The smallest absolute Gasteiger partial charge is 0.242 e. The Labute approximate surface area is 243 Å². The minimum Gasteiger partial charge on any atom is -0.399 e. The van der Waals surface area contributed by atoms with Crippen LogP contribution in [-0.4, -0.2) is 18.0 Å². The highest BCUT2D eigenvalue weighted by Gasteiger charge is 2.61. The summed E-state index contributed by atoms with van der Waals surface area (Å²) >= 11 is 12.2. The molecule has 1 saturated heterocycles. The quantitative estimate of drug-likeness (QED) is 0.287. The third-order valence-corrected chi connectivity index (χ3v) is 7.76. The number of anilines is 1. The molecule has 0 aromatic heterocycles. The lowest BCUT2D eigenvalue weighted by molar-refractivity contribution is -0.118. The van der Waals surface area contributed by atoms with E-state index in [9.17, 15) is 10.1 Å². The average molecular weight is 584 g/mol. The summed E-state index contributed by atoms with van der Waals surface area (Å²) in [6, 6.07) is 15.7. The van der Waals surface area contributed by atoms with Gasteiger partial charge in [0, 0.05) is 33.9 Å². The largest absolute Gasteiger partial charge is 0.399 e. The molecule has 0 radical (unpaired) electrons. The van der Waals surface area contributed by atoms with Gasteiger partial charge in [0.05, 0.1) is 17.1 Å². The van der Waals surface area contributed by atoms with E-state index < -0.39 is 41.0 Å². The van der Waals surface area contributed by atoms with Crippen LogP contribution in [0, 0.1) is 28.4 Å². The molecule has 9 heteroatoms. The topological polar surface area (TPSA) is 90.9 Å². The number of amides is 1. The van der Waals surface area contributed by atoms with Crippen molar-refractivity contribution in [2.75, 3.05) is 5.32 Å². The predicted molar refractivity (Wildman–Crippen MR) is 156 cm³/mol. The van der Waals surface area contributed by atoms with Gasteiger partial charge in [0.1, 0.15) is 17.0 Å². The lowest BCUT2D eigenvalue weighted by Gasteiger charge is -2.37. The number of hydrogen-bond acceptors (Lipinski definition) is 4. The van der Waals surface area contributed by atoms with E-state index in [2.05, 4.69) is 23.3 Å². The van der Waals surface area contributed by atoms with Crippen LogP contribution in [0.2, 0.25) is 10.0 Å². The van der Waals surface area contributed by atoms with Crippen molar-refractivity contribution in [1.82, 2.24) is 5.32 Å². The van der Waals surface area contributed by atoms with Crippen LogP contribution >= 0.6 is 23.2 Å². The fourth-order valence-corrected chi connectivity index (χ4v) is 5.91. The lowest BCUT2D eigenvalue weighted by Crippen LogP contribution is -2.45. The summed E-state index contributed by atoms with van der Waals surface area (Å²) in [7, 11) is 0. The lowest BCUT2D eigenvalue weighted by atomic mass is 9.62. The first-order valence-electron chi connectivity index (χ1n) is 12.7. The molecule has 5 nitrogen and oxygen atoms in total. The predicted octanol–water partition coefficient (Wildman–Crippen LogP) is 7.16. The van der Waals surface area contributed by atoms with Gasteiger partial charge in [-0.1, -0.05) is 80.9 Å². The van der Waals surface area contributed by atoms with E-state index >= 15 is 8.78 Å². The van der Waals surface area contributed by atoms with Gasteiger partial charge >= 0.3 is 0 Å². The first-order chi connectivity index (χ1) is 18.8. The summed E-state index contributed by atoms with van der Waals surface area (Å²) in [4.78, 5) is 14.0. The Morgan fingerprint density at radius 1 is 1.15 bits per heavy atom. The maximum atomic E-state index is 15.7. The van der Waals surface area contributed by atoms with Gasteiger partial charge in [-0.25, -0.2) is 8.78 Å². The van der Waals surface area contributed by atoms with Crippen LogP contribution in [-0.2, 0) is 10.2 Å². The molecule has 4 rings (SSSR count). The molecule has 1 aliphatic rings. The van der Waals surface area contributed by atoms with Crippen molar-refractivity contribution in [3.8, 4) is 6.07 Å².